The van der Waals surface area contributed by atoms with Crippen molar-refractivity contribution in [3.05, 3.63) is 94.0 Å². The van der Waals surface area contributed by atoms with Gasteiger partial charge in [0, 0.05) is 37.6 Å². The summed E-state index contributed by atoms with van der Waals surface area (Å²) in [5.41, 5.74) is 11.7. The number of nitrogens with one attached hydrogen (secondary N) is 2. The van der Waals surface area contributed by atoms with E-state index >= 15 is 0 Å². The lowest BCUT2D eigenvalue weighted by atomic mass is 9.86. The third kappa shape index (κ3) is 7.26. The maximum Gasteiger partial charge on any atom is 0.295 e. The molecule has 1 saturated carbocycles. The first-order valence-corrected chi connectivity index (χ1v) is 12.7. The van der Waals surface area contributed by atoms with E-state index in [4.69, 9.17) is 5.73 Å². The summed E-state index contributed by atoms with van der Waals surface area (Å²) in [5, 5.41) is 4.97. The van der Waals surface area contributed by atoms with Crippen molar-refractivity contribution < 1.29 is 4.79 Å². The number of benzene rings is 2. The smallest absolute Gasteiger partial charge is 0.295 e. The molecule has 0 bridgehead atoms. The summed E-state index contributed by atoms with van der Waals surface area (Å²) in [5.74, 6) is 0.477. The number of rotatable bonds is 10. The molecule has 190 valence electrons. The maximum absolute atomic E-state index is 13.3. The summed E-state index contributed by atoms with van der Waals surface area (Å²) in [7, 11) is 0. The summed E-state index contributed by atoms with van der Waals surface area (Å²) < 4.78 is 1.48. The molecule has 1 amide bonds. The monoisotopic (exact) mass is 488 g/mol. The topological polar surface area (TPSA) is 105 Å². The molecule has 1 aliphatic carbocycles. The number of amides is 1. The number of carbonyl (C=O) groups excluding carboxylic acids is 1. The van der Waals surface area contributed by atoms with E-state index < -0.39 is 0 Å². The summed E-state index contributed by atoms with van der Waals surface area (Å²) >= 11 is 0. The van der Waals surface area contributed by atoms with E-state index in [2.05, 4.69) is 15.7 Å². The standard InChI is InChI=1S/C28H36N6O2/c1-21-16-31-27(28(36)34(21)20-26(35)30-17-22-12-14-25(29)15-13-22)32-33(18-23-8-4-2-5-9-23)19-24-10-6-3-7-11-24/h2-11,16,22,25H,12-15,17-20,29H2,1H3,(H,30,35)(H,31,32). The highest BCUT2D eigenvalue weighted by atomic mass is 16.2. The van der Waals surface area contributed by atoms with Gasteiger partial charge in [-0.2, -0.15) is 0 Å². The molecule has 0 saturated heterocycles. The molecular formula is C28H36N6O2. The van der Waals surface area contributed by atoms with Gasteiger partial charge in [-0.3, -0.25) is 19.6 Å². The fourth-order valence-electron chi connectivity index (χ4n) is 4.59. The molecule has 4 N–H and O–H groups in total. The van der Waals surface area contributed by atoms with Crippen LogP contribution in [-0.2, 0) is 24.4 Å². The van der Waals surface area contributed by atoms with Crippen molar-refractivity contribution in [2.75, 3.05) is 12.0 Å². The van der Waals surface area contributed by atoms with Gasteiger partial charge >= 0.3 is 0 Å². The summed E-state index contributed by atoms with van der Waals surface area (Å²) in [6, 6.07) is 20.4. The molecule has 2 aromatic carbocycles. The lowest BCUT2D eigenvalue weighted by Gasteiger charge is -2.26. The number of nitrogens with zero attached hydrogens (tertiary/aromatic N) is 3. The minimum Gasteiger partial charge on any atom is -0.354 e. The SMILES string of the molecule is Cc1cnc(NN(Cc2ccccc2)Cc2ccccc2)c(=O)n1CC(=O)NCC1CCC(N)CC1. The van der Waals surface area contributed by atoms with Crippen molar-refractivity contribution in [3.63, 3.8) is 0 Å². The largest absolute Gasteiger partial charge is 0.354 e. The van der Waals surface area contributed by atoms with Gasteiger partial charge in [0.1, 0.15) is 6.54 Å². The first-order valence-electron chi connectivity index (χ1n) is 12.7. The second-order valence-corrected chi connectivity index (χ2v) is 9.66. The summed E-state index contributed by atoms with van der Waals surface area (Å²) in [6.45, 7) is 3.54. The fourth-order valence-corrected chi connectivity index (χ4v) is 4.59. The normalized spacial score (nSPS) is 17.6. The van der Waals surface area contributed by atoms with E-state index in [1.807, 2.05) is 65.7 Å². The Bertz CT molecular complexity index is 1130. The summed E-state index contributed by atoms with van der Waals surface area (Å²) in [4.78, 5) is 30.4. The van der Waals surface area contributed by atoms with Gasteiger partial charge in [0.2, 0.25) is 11.7 Å². The molecule has 1 aromatic heterocycles. The highest BCUT2D eigenvalue weighted by Gasteiger charge is 2.20. The van der Waals surface area contributed by atoms with Crippen LogP contribution in [0.15, 0.2) is 71.7 Å². The number of hydrogen-bond donors (Lipinski definition) is 3. The van der Waals surface area contributed by atoms with Crippen LogP contribution in [0.2, 0.25) is 0 Å². The number of aryl methyl sites for hydroxylation is 1. The van der Waals surface area contributed by atoms with Gasteiger partial charge in [0.05, 0.1) is 0 Å². The van der Waals surface area contributed by atoms with Crippen LogP contribution in [0.1, 0.15) is 42.5 Å². The molecule has 0 spiro atoms. The Kier molecular flexibility index (Phi) is 8.86. The van der Waals surface area contributed by atoms with E-state index in [0.717, 1.165) is 36.8 Å². The Morgan fingerprint density at radius 1 is 1.00 bits per heavy atom. The van der Waals surface area contributed by atoms with Crippen LogP contribution in [0.3, 0.4) is 0 Å². The molecule has 8 heteroatoms. The number of nitrogens with two attached hydrogens (primary N) is 1. The van der Waals surface area contributed by atoms with Crippen LogP contribution >= 0.6 is 0 Å². The van der Waals surface area contributed by atoms with Gasteiger partial charge in [0.15, 0.2) is 0 Å². The second kappa shape index (κ2) is 12.5. The van der Waals surface area contributed by atoms with Crippen molar-refractivity contribution in [3.8, 4) is 0 Å². The molecule has 1 aliphatic rings. The van der Waals surface area contributed by atoms with E-state index in [-0.39, 0.29) is 29.9 Å². The van der Waals surface area contributed by atoms with Gasteiger partial charge in [-0.15, -0.1) is 0 Å². The molecule has 4 rings (SSSR count). The maximum atomic E-state index is 13.3. The second-order valence-electron chi connectivity index (χ2n) is 9.66. The predicted molar refractivity (Wildman–Crippen MR) is 142 cm³/mol. The Morgan fingerprint density at radius 3 is 2.17 bits per heavy atom. The third-order valence-corrected chi connectivity index (χ3v) is 6.73. The van der Waals surface area contributed by atoms with E-state index in [0.29, 0.717) is 31.2 Å². The average Bonchev–Trinajstić information content (AvgIpc) is 2.89. The zero-order valence-electron chi connectivity index (χ0n) is 20.9. The van der Waals surface area contributed by atoms with Crippen molar-refractivity contribution >= 4 is 11.7 Å². The van der Waals surface area contributed by atoms with Crippen LogP contribution in [0, 0.1) is 12.8 Å². The van der Waals surface area contributed by atoms with Crippen LogP contribution in [0.4, 0.5) is 5.82 Å². The number of carbonyl (C=O) groups is 1. The van der Waals surface area contributed by atoms with Gasteiger partial charge < -0.3 is 11.1 Å². The minimum absolute atomic E-state index is 0.0362. The molecule has 0 atom stereocenters. The Morgan fingerprint density at radius 2 is 1.58 bits per heavy atom. The number of hydrogen-bond acceptors (Lipinski definition) is 6. The first-order chi connectivity index (χ1) is 17.5. The van der Waals surface area contributed by atoms with Crippen LogP contribution in [0.5, 0.6) is 0 Å². The molecule has 1 heterocycles. The molecule has 0 radical (unpaired) electrons. The average molecular weight is 489 g/mol. The minimum atomic E-state index is -0.320. The lowest BCUT2D eigenvalue weighted by molar-refractivity contribution is -0.122. The quantitative estimate of drug-likeness (QED) is 0.379. The molecule has 0 aliphatic heterocycles. The molecule has 8 nitrogen and oxygen atoms in total. The highest BCUT2D eigenvalue weighted by Crippen LogP contribution is 2.22. The molecular weight excluding hydrogens is 452 g/mol. The first kappa shape index (κ1) is 25.6. The van der Waals surface area contributed by atoms with Crippen molar-refractivity contribution in [2.24, 2.45) is 11.7 Å². The fraction of sp³-hybridized carbons (Fsp3) is 0.393. The van der Waals surface area contributed by atoms with Gasteiger partial charge in [-0.1, -0.05) is 60.7 Å². The van der Waals surface area contributed by atoms with Gasteiger partial charge in [0.25, 0.3) is 5.56 Å². The van der Waals surface area contributed by atoms with E-state index in [1.54, 1.807) is 13.1 Å². The van der Waals surface area contributed by atoms with Gasteiger partial charge in [-0.05, 0) is 49.7 Å². The molecule has 0 unspecified atom stereocenters. The van der Waals surface area contributed by atoms with Crippen LogP contribution < -0.4 is 22.0 Å². The summed E-state index contributed by atoms with van der Waals surface area (Å²) in [6.07, 6.45) is 5.69. The van der Waals surface area contributed by atoms with E-state index in [1.165, 1.54) is 4.57 Å². The zero-order chi connectivity index (χ0) is 25.3. The van der Waals surface area contributed by atoms with Crippen molar-refractivity contribution in [1.29, 1.82) is 0 Å². The van der Waals surface area contributed by atoms with Crippen molar-refractivity contribution in [1.82, 2.24) is 19.9 Å². The van der Waals surface area contributed by atoms with Gasteiger partial charge in [-0.25, -0.2) is 9.99 Å². The Balaban J connectivity index is 1.45. The number of anilines is 1. The Labute approximate surface area is 212 Å². The van der Waals surface area contributed by atoms with Crippen LogP contribution in [0.25, 0.3) is 0 Å². The van der Waals surface area contributed by atoms with E-state index in [9.17, 15) is 9.59 Å². The third-order valence-electron chi connectivity index (χ3n) is 6.73. The molecule has 3 aromatic rings. The number of hydrazine groups is 1. The Hall–Kier alpha value is -3.49. The highest BCUT2D eigenvalue weighted by molar-refractivity contribution is 5.75. The molecule has 36 heavy (non-hydrogen) atoms. The predicted octanol–water partition coefficient (Wildman–Crippen LogP) is 3.21. The van der Waals surface area contributed by atoms with Crippen molar-refractivity contribution in [2.45, 2.75) is 58.3 Å². The van der Waals surface area contributed by atoms with Crippen LogP contribution in [-0.4, -0.2) is 33.1 Å². The molecule has 1 fully saturated rings. The zero-order valence-corrected chi connectivity index (χ0v) is 20.9. The lowest BCUT2D eigenvalue weighted by Crippen LogP contribution is -2.39. The number of aromatic nitrogens is 2.